The van der Waals surface area contributed by atoms with Crippen molar-refractivity contribution in [3.63, 3.8) is 0 Å². The molecule has 0 radical (unpaired) electrons. The Kier molecular flexibility index (Phi) is 0.903. The topological polar surface area (TPSA) is 43.1 Å². The lowest BCUT2D eigenvalue weighted by molar-refractivity contribution is -0.312. The molecule has 0 unspecified atom stereocenters. The molecule has 0 aliphatic heterocycles. The minimum absolute atomic E-state index is 0.0710. The van der Waals surface area contributed by atoms with Crippen molar-refractivity contribution >= 4 is 10.4 Å². The first-order valence-corrected chi connectivity index (χ1v) is 1.71. The fourth-order valence-electron chi connectivity index (χ4n) is 0. The Morgan fingerprint density at radius 2 is 2.00 bits per heavy atom. The summed E-state index contributed by atoms with van der Waals surface area (Å²) < 4.78 is -0.361. The summed E-state index contributed by atoms with van der Waals surface area (Å²) in [4.78, 5) is 8.87. The van der Waals surface area contributed by atoms with Crippen LogP contribution in [0.15, 0.2) is 0 Å². The maximum absolute atomic E-state index is 8.87. The average Bonchev–Trinajstić information content (AvgIpc) is 0.811. The van der Waals surface area contributed by atoms with Crippen LogP contribution in [0, 0.1) is 10.1 Å². The predicted octanol–water partition coefficient (Wildman–Crippen LogP) is -1.46. The second kappa shape index (κ2) is 0.999. The molecule has 4 heavy (non-hydrogen) atoms. The fourth-order valence-corrected chi connectivity index (χ4v) is 0. The van der Waals surface area contributed by atoms with E-state index in [0.29, 0.717) is 0 Å². The Morgan fingerprint density at radius 1 is 2.00 bits per heavy atom. The van der Waals surface area contributed by atoms with Gasteiger partial charge in [0.15, 0.2) is 0 Å². The van der Waals surface area contributed by atoms with Crippen molar-refractivity contribution < 1.29 is 4.59 Å². The van der Waals surface area contributed by atoms with Gasteiger partial charge in [0.2, 0.25) is 0 Å². The molecule has 0 bridgehead atoms. The van der Waals surface area contributed by atoms with Crippen LogP contribution >= 0.6 is 0 Å². The summed E-state index contributed by atoms with van der Waals surface area (Å²) in [5.74, 6) is 0. The molecule has 0 saturated carbocycles. The molecule has 0 heterocycles. The van der Waals surface area contributed by atoms with Gasteiger partial charge in [-0.25, -0.2) is 0 Å². The van der Waals surface area contributed by atoms with Gasteiger partial charge in [-0.05, 0) is 0 Å². The van der Waals surface area contributed by atoms with Gasteiger partial charge in [-0.15, -0.1) is 0 Å². The van der Waals surface area contributed by atoms with E-state index in [2.05, 4.69) is 0 Å². The lowest BCUT2D eigenvalue weighted by atomic mass is 13.4. The minimum atomic E-state index is -0.361. The quantitative estimate of drug-likeness (QED) is 0.201. The maximum Gasteiger partial charge on any atom is 0.384 e. The Morgan fingerprint density at radius 3 is 2.00 bits per heavy atom. The number of nitrogens with zero attached hydrogens (tertiary/aromatic N) is 1. The third-order valence-electron chi connectivity index (χ3n) is 0. The van der Waals surface area contributed by atoms with Crippen LogP contribution < -0.4 is 0 Å². The Labute approximate surface area is 26.3 Å². The molecular formula is H3NO2Si. The summed E-state index contributed by atoms with van der Waals surface area (Å²) in [6.45, 7) is 0. The molecule has 0 N–H and O–H groups in total. The van der Waals surface area contributed by atoms with Gasteiger partial charge >= 0.3 is 10.4 Å². The minimum Gasteiger partial charge on any atom is -0.291 e. The van der Waals surface area contributed by atoms with Crippen LogP contribution in [-0.4, -0.2) is 15.0 Å². The van der Waals surface area contributed by atoms with Gasteiger partial charge in [0.1, 0.15) is 0 Å². The van der Waals surface area contributed by atoms with Crippen LogP contribution in [-0.2, 0) is 0 Å². The number of hydrogen-bond acceptors (Lipinski definition) is 2. The van der Waals surface area contributed by atoms with Crippen LogP contribution in [0.3, 0.4) is 0 Å². The molecular weight excluding hydrogens is 74.1 g/mol. The van der Waals surface area contributed by atoms with E-state index in [4.69, 9.17) is 10.1 Å². The first-order valence-electron chi connectivity index (χ1n) is 0.812. The highest BCUT2D eigenvalue weighted by atomic mass is 28.2. The largest absolute Gasteiger partial charge is 0.384 e. The summed E-state index contributed by atoms with van der Waals surface area (Å²) in [6.07, 6.45) is 0. The SMILES string of the molecule is O=[N+]([O-])[SiH3]. The first kappa shape index (κ1) is 3.62. The van der Waals surface area contributed by atoms with Crippen molar-refractivity contribution in [2.45, 2.75) is 0 Å². The molecule has 3 nitrogen and oxygen atoms in total. The second-order valence-corrected chi connectivity index (χ2v) is 1.17. The number of nitro groups is 1. The van der Waals surface area contributed by atoms with Crippen LogP contribution in [0.5, 0.6) is 0 Å². The van der Waals surface area contributed by atoms with Crippen molar-refractivity contribution in [1.29, 1.82) is 0 Å². The lowest BCUT2D eigenvalue weighted by Gasteiger charge is -1.66. The summed E-state index contributed by atoms with van der Waals surface area (Å²) in [5.41, 5.74) is 0. The van der Waals surface area contributed by atoms with Gasteiger partial charge in [-0.3, -0.25) is 10.1 Å². The summed E-state index contributed by atoms with van der Waals surface area (Å²) in [5, 5.41) is 8.87. The standard InChI is InChI=1S/H3NO2Si/c2-1(3)4/h4H3. The van der Waals surface area contributed by atoms with E-state index in [1.54, 1.807) is 0 Å². The first-order chi connectivity index (χ1) is 1.73. The van der Waals surface area contributed by atoms with Gasteiger partial charge in [0.05, 0.1) is 0 Å². The molecule has 0 aromatic carbocycles. The third-order valence-corrected chi connectivity index (χ3v) is 0. The number of rotatable bonds is 0. The Bertz CT molecular complexity index is 29.0. The predicted molar refractivity (Wildman–Crippen MR) is 16.9 cm³/mol. The fraction of sp³-hybridized carbons (Fsp3) is 0. The van der Waals surface area contributed by atoms with Gasteiger partial charge in [0, 0.05) is 0 Å². The molecule has 24 valence electrons. The van der Waals surface area contributed by atoms with Crippen molar-refractivity contribution in [1.82, 2.24) is 0 Å². The van der Waals surface area contributed by atoms with Crippen molar-refractivity contribution in [2.75, 3.05) is 0 Å². The molecule has 0 aromatic rings. The van der Waals surface area contributed by atoms with Crippen LogP contribution in [0.2, 0.25) is 0 Å². The van der Waals surface area contributed by atoms with E-state index < -0.39 is 0 Å². The van der Waals surface area contributed by atoms with E-state index in [-0.39, 0.29) is 15.0 Å². The molecule has 0 aromatic heterocycles. The second-order valence-electron chi connectivity index (χ2n) is 0.440. The molecule has 0 rings (SSSR count). The van der Waals surface area contributed by atoms with Crippen LogP contribution in [0.25, 0.3) is 0 Å². The van der Waals surface area contributed by atoms with Crippen molar-refractivity contribution in [3.05, 3.63) is 10.1 Å². The van der Waals surface area contributed by atoms with E-state index in [1.165, 1.54) is 0 Å². The van der Waals surface area contributed by atoms with Crippen LogP contribution in [0.4, 0.5) is 0 Å². The van der Waals surface area contributed by atoms with Crippen molar-refractivity contribution in [3.8, 4) is 0 Å². The lowest BCUT2D eigenvalue weighted by Crippen LogP contribution is -1.83. The third kappa shape index (κ3) is 4.19. The summed E-state index contributed by atoms with van der Waals surface area (Å²) in [6, 6.07) is 0. The van der Waals surface area contributed by atoms with E-state index in [0.717, 1.165) is 0 Å². The Balaban J connectivity index is 2.80. The average molecular weight is 77.1 g/mol. The van der Waals surface area contributed by atoms with Gasteiger partial charge in [-0.1, -0.05) is 4.59 Å². The highest BCUT2D eigenvalue weighted by Crippen LogP contribution is 1.36. The van der Waals surface area contributed by atoms with E-state index >= 15 is 0 Å². The van der Waals surface area contributed by atoms with Gasteiger partial charge < -0.3 is 0 Å². The van der Waals surface area contributed by atoms with Gasteiger partial charge in [-0.2, -0.15) is 0 Å². The van der Waals surface area contributed by atoms with E-state index in [1.807, 2.05) is 0 Å². The normalized spacial score (nSPS) is 7.00. The molecule has 0 atom stereocenters. The molecule has 0 aliphatic carbocycles. The zero-order chi connectivity index (χ0) is 3.58. The monoisotopic (exact) mass is 77.0 g/mol. The smallest absolute Gasteiger partial charge is 0.291 e. The Hall–Kier alpha value is -0.383. The summed E-state index contributed by atoms with van der Waals surface area (Å²) >= 11 is 0. The maximum atomic E-state index is 8.87. The summed E-state index contributed by atoms with van der Waals surface area (Å²) in [7, 11) is 0.0710. The number of hydrogen-bond donors (Lipinski definition) is 0. The van der Waals surface area contributed by atoms with E-state index in [9.17, 15) is 0 Å². The van der Waals surface area contributed by atoms with Crippen LogP contribution in [0.1, 0.15) is 0 Å². The van der Waals surface area contributed by atoms with Crippen molar-refractivity contribution in [2.24, 2.45) is 0 Å². The molecule has 0 aliphatic rings. The molecule has 0 spiro atoms. The highest BCUT2D eigenvalue weighted by molar-refractivity contribution is 5.95. The molecule has 0 saturated heterocycles. The molecule has 4 heteroatoms. The zero-order valence-corrected chi connectivity index (χ0v) is 4.26. The highest BCUT2D eigenvalue weighted by Gasteiger charge is 1.58. The van der Waals surface area contributed by atoms with Gasteiger partial charge in [0.25, 0.3) is 0 Å². The molecule has 0 fully saturated rings. The zero-order valence-electron chi connectivity index (χ0n) is 2.26. The molecule has 0 amide bonds.